The molecular formula is C24H27FN4O4S. The summed E-state index contributed by atoms with van der Waals surface area (Å²) in [4.78, 5) is 0. The normalized spacial score (nSPS) is 19.7. The van der Waals surface area contributed by atoms with Crippen molar-refractivity contribution in [2.75, 3.05) is 6.61 Å². The van der Waals surface area contributed by atoms with Gasteiger partial charge in [0.1, 0.15) is 16.7 Å². The van der Waals surface area contributed by atoms with E-state index in [4.69, 9.17) is 4.74 Å². The van der Waals surface area contributed by atoms with Gasteiger partial charge in [-0.25, -0.2) is 12.8 Å². The van der Waals surface area contributed by atoms with Crippen molar-refractivity contribution >= 4 is 16.0 Å². The van der Waals surface area contributed by atoms with E-state index >= 15 is 0 Å². The first kappa shape index (κ1) is 23.9. The maximum absolute atomic E-state index is 14.3. The van der Waals surface area contributed by atoms with Gasteiger partial charge in [-0.1, -0.05) is 42.5 Å². The molecule has 2 heterocycles. The van der Waals surface area contributed by atoms with Crippen LogP contribution in [0.15, 0.2) is 65.2 Å². The molecule has 0 saturated heterocycles. The first-order valence-corrected chi connectivity index (χ1v) is 12.4. The lowest BCUT2D eigenvalue weighted by molar-refractivity contribution is 0.0759. The van der Waals surface area contributed by atoms with E-state index in [2.05, 4.69) is 14.8 Å². The van der Waals surface area contributed by atoms with Gasteiger partial charge in [0.05, 0.1) is 11.7 Å². The average molecular weight is 487 g/mol. The lowest BCUT2D eigenvalue weighted by atomic mass is 9.96. The quantitative estimate of drug-likeness (QED) is 0.553. The van der Waals surface area contributed by atoms with Crippen molar-refractivity contribution in [1.82, 2.24) is 15.1 Å². The Hall–Kier alpha value is -3.24. The van der Waals surface area contributed by atoms with Crippen molar-refractivity contribution in [1.29, 1.82) is 0 Å². The van der Waals surface area contributed by atoms with E-state index in [1.807, 2.05) is 25.2 Å². The highest BCUT2D eigenvalue weighted by molar-refractivity contribution is 7.90. The topological polar surface area (TPSA) is 106 Å². The third kappa shape index (κ3) is 4.69. The monoisotopic (exact) mass is 486 g/mol. The lowest BCUT2D eigenvalue weighted by Crippen LogP contribution is -2.47. The van der Waals surface area contributed by atoms with Crippen molar-refractivity contribution in [3.8, 4) is 11.3 Å². The molecule has 1 aliphatic rings. The minimum absolute atomic E-state index is 0.142. The number of sulfonamides is 1. The average Bonchev–Trinajstić information content (AvgIpc) is 3.18. The fraction of sp³-hybridized carbons (Fsp3) is 0.333. The molecule has 2 N–H and O–H groups in total. The summed E-state index contributed by atoms with van der Waals surface area (Å²) in [7, 11) is -2.20. The lowest BCUT2D eigenvalue weighted by Gasteiger charge is -2.38. The van der Waals surface area contributed by atoms with Crippen molar-refractivity contribution in [2.24, 2.45) is 11.4 Å². The summed E-state index contributed by atoms with van der Waals surface area (Å²) in [5.41, 5.74) is 1.46. The first-order chi connectivity index (χ1) is 16.1. The minimum Gasteiger partial charge on any atom is -0.457 e. The standard InChI is InChI=1S/C24H27FN4O4S/c1-24(2)22(17-10-8-16(9-11-17)21-12-14-26-29(21)3)34(31,32)28-23(33-24)27-20(13-15-30)18-6-4-5-7-19(18)25/h4-12,14,20,22,30H,13,15H2,1-3H3,(H,27,28)/t20-,22?/m0/s1. The SMILES string of the molecule is Cn1nccc1-c1ccc(C2C(C)(C)OC(N[C@@H](CCO)c3ccccc3F)=NS2(=O)=O)cc1. The molecule has 8 nitrogen and oxygen atoms in total. The van der Waals surface area contributed by atoms with Crippen LogP contribution in [0.4, 0.5) is 4.39 Å². The Morgan fingerprint density at radius 1 is 1.18 bits per heavy atom. The molecule has 4 rings (SSSR count). The molecule has 2 aromatic carbocycles. The van der Waals surface area contributed by atoms with E-state index in [0.29, 0.717) is 5.56 Å². The summed E-state index contributed by atoms with van der Waals surface area (Å²) in [5.74, 6) is -0.474. The number of hydrogen-bond donors (Lipinski definition) is 2. The molecule has 1 unspecified atom stereocenters. The smallest absolute Gasteiger partial charge is 0.301 e. The highest BCUT2D eigenvalue weighted by Gasteiger charge is 2.47. The number of halogens is 1. The van der Waals surface area contributed by atoms with Crippen LogP contribution in [-0.4, -0.2) is 41.5 Å². The minimum atomic E-state index is -4.03. The summed E-state index contributed by atoms with van der Waals surface area (Å²) in [5, 5.41) is 15.4. The number of hydrogen-bond acceptors (Lipinski definition) is 6. The van der Waals surface area contributed by atoms with Crippen LogP contribution in [0.3, 0.4) is 0 Å². The van der Waals surface area contributed by atoms with Crippen LogP contribution in [0.5, 0.6) is 0 Å². The zero-order valence-corrected chi connectivity index (χ0v) is 20.0. The number of aliphatic hydroxyl groups excluding tert-OH is 1. The fourth-order valence-corrected chi connectivity index (χ4v) is 6.00. The molecule has 0 amide bonds. The molecule has 34 heavy (non-hydrogen) atoms. The van der Waals surface area contributed by atoms with E-state index in [1.54, 1.807) is 55.1 Å². The van der Waals surface area contributed by atoms with Gasteiger partial charge in [0.15, 0.2) is 0 Å². The number of rotatable bonds is 6. The Morgan fingerprint density at radius 3 is 2.47 bits per heavy atom. The summed E-state index contributed by atoms with van der Waals surface area (Å²) in [6.45, 7) is 3.11. The number of aromatic nitrogens is 2. The van der Waals surface area contributed by atoms with Crippen LogP contribution >= 0.6 is 0 Å². The Morgan fingerprint density at radius 2 is 1.88 bits per heavy atom. The second-order valence-corrected chi connectivity index (χ2v) is 10.4. The van der Waals surface area contributed by atoms with Crippen LogP contribution < -0.4 is 5.32 Å². The molecule has 0 radical (unpaired) electrons. The number of aliphatic hydroxyl groups is 1. The van der Waals surface area contributed by atoms with E-state index in [0.717, 1.165) is 11.3 Å². The number of nitrogens with one attached hydrogen (secondary N) is 1. The Balaban J connectivity index is 1.64. The van der Waals surface area contributed by atoms with E-state index in [-0.39, 0.29) is 24.6 Å². The second-order valence-electron chi connectivity index (χ2n) is 8.69. The van der Waals surface area contributed by atoms with Crippen LogP contribution in [0, 0.1) is 5.82 Å². The van der Waals surface area contributed by atoms with Gasteiger partial charge >= 0.3 is 6.02 Å². The van der Waals surface area contributed by atoms with Crippen LogP contribution in [-0.2, 0) is 21.8 Å². The maximum Gasteiger partial charge on any atom is 0.301 e. The van der Waals surface area contributed by atoms with Crippen LogP contribution in [0.2, 0.25) is 0 Å². The zero-order chi connectivity index (χ0) is 24.5. The van der Waals surface area contributed by atoms with Crippen molar-refractivity contribution in [2.45, 2.75) is 37.2 Å². The summed E-state index contributed by atoms with van der Waals surface area (Å²) < 4.78 is 52.5. The zero-order valence-electron chi connectivity index (χ0n) is 19.1. The molecule has 0 aliphatic carbocycles. The number of aryl methyl sites for hydroxylation is 1. The predicted molar refractivity (Wildman–Crippen MR) is 127 cm³/mol. The van der Waals surface area contributed by atoms with Gasteiger partial charge in [-0.05, 0) is 43.5 Å². The first-order valence-electron chi connectivity index (χ1n) is 10.9. The van der Waals surface area contributed by atoms with E-state index in [1.165, 1.54) is 6.07 Å². The Labute approximate surface area is 198 Å². The van der Waals surface area contributed by atoms with E-state index < -0.39 is 32.7 Å². The Kier molecular flexibility index (Phi) is 6.46. The Bertz CT molecular complexity index is 1300. The highest BCUT2D eigenvalue weighted by atomic mass is 32.2. The van der Waals surface area contributed by atoms with Crippen LogP contribution in [0.1, 0.15) is 42.7 Å². The number of benzene rings is 2. The summed E-state index contributed by atoms with van der Waals surface area (Å²) in [6, 6.07) is 14.2. The maximum atomic E-state index is 14.3. The fourth-order valence-electron chi connectivity index (χ4n) is 4.30. The van der Waals surface area contributed by atoms with Crippen molar-refractivity contribution in [3.63, 3.8) is 0 Å². The molecular weight excluding hydrogens is 459 g/mol. The van der Waals surface area contributed by atoms with Gasteiger partial charge in [0.2, 0.25) is 0 Å². The molecule has 0 spiro atoms. The van der Waals surface area contributed by atoms with Gasteiger partial charge in [-0.3, -0.25) is 4.68 Å². The van der Waals surface area contributed by atoms with Crippen LogP contribution in [0.25, 0.3) is 11.3 Å². The van der Waals surface area contributed by atoms with Gasteiger partial charge in [-0.2, -0.15) is 5.10 Å². The van der Waals surface area contributed by atoms with Gasteiger partial charge in [0, 0.05) is 25.4 Å². The highest BCUT2D eigenvalue weighted by Crippen LogP contribution is 2.41. The third-order valence-corrected chi connectivity index (χ3v) is 7.68. The number of nitrogens with zero attached hydrogens (tertiary/aromatic N) is 3. The molecule has 0 saturated carbocycles. The number of ether oxygens (including phenoxy) is 1. The van der Waals surface area contributed by atoms with Gasteiger partial charge in [-0.15, -0.1) is 4.40 Å². The predicted octanol–water partition coefficient (Wildman–Crippen LogP) is 3.48. The summed E-state index contributed by atoms with van der Waals surface area (Å²) in [6.07, 6.45) is 1.84. The molecule has 1 aliphatic heterocycles. The van der Waals surface area contributed by atoms with Gasteiger partial charge in [0.25, 0.3) is 10.0 Å². The molecule has 10 heteroatoms. The van der Waals surface area contributed by atoms with E-state index in [9.17, 15) is 17.9 Å². The van der Waals surface area contributed by atoms with Crippen molar-refractivity contribution < 1.29 is 22.7 Å². The molecule has 1 aromatic heterocycles. The van der Waals surface area contributed by atoms with Crippen molar-refractivity contribution in [3.05, 3.63) is 77.7 Å². The second kappa shape index (κ2) is 9.19. The molecule has 2 atom stereocenters. The molecule has 3 aromatic rings. The molecule has 0 fully saturated rings. The third-order valence-electron chi connectivity index (χ3n) is 5.83. The molecule has 0 bridgehead atoms. The number of amidine groups is 1. The molecule has 180 valence electrons. The van der Waals surface area contributed by atoms with Gasteiger partial charge < -0.3 is 15.2 Å². The largest absolute Gasteiger partial charge is 0.457 e. The summed E-state index contributed by atoms with van der Waals surface area (Å²) >= 11 is 0.